The molecule has 0 aromatic carbocycles. The van der Waals surface area contributed by atoms with Crippen LogP contribution in [0.5, 0.6) is 0 Å². The third-order valence-corrected chi connectivity index (χ3v) is 1.39. The number of rotatable bonds is 4. The van der Waals surface area contributed by atoms with Gasteiger partial charge >= 0.3 is 0 Å². The first-order chi connectivity index (χ1) is 6.18. The quantitative estimate of drug-likeness (QED) is 0.740. The van der Waals surface area contributed by atoms with Gasteiger partial charge in [0.15, 0.2) is 0 Å². The van der Waals surface area contributed by atoms with Crippen LogP contribution in [0.15, 0.2) is 0 Å². The van der Waals surface area contributed by atoms with Crippen molar-refractivity contribution in [2.45, 2.75) is 66.8 Å². The fourth-order valence-corrected chi connectivity index (χ4v) is 0.627. The molecule has 84 valence electrons. The minimum absolute atomic E-state index is 0. The van der Waals surface area contributed by atoms with Crippen molar-refractivity contribution in [1.29, 1.82) is 0 Å². The molecule has 1 atom stereocenters. The summed E-state index contributed by atoms with van der Waals surface area (Å²) < 4.78 is 0. The van der Waals surface area contributed by atoms with E-state index in [-0.39, 0.29) is 13.3 Å². The molecule has 0 spiro atoms. The molecule has 0 saturated heterocycles. The van der Waals surface area contributed by atoms with Gasteiger partial charge in [0.05, 0.1) is 6.04 Å². The van der Waals surface area contributed by atoms with Gasteiger partial charge in [-0.05, 0) is 13.3 Å². The monoisotopic (exact) mass is 191 g/mol. The molecule has 0 aromatic rings. The van der Waals surface area contributed by atoms with E-state index in [9.17, 15) is 4.79 Å². The van der Waals surface area contributed by atoms with Crippen LogP contribution in [-0.2, 0) is 4.79 Å². The first-order valence-electron chi connectivity index (χ1n) is 5.44. The smallest absolute Gasteiger partial charge is 0.146 e. The fourth-order valence-electron chi connectivity index (χ4n) is 0.627. The molecular formula is C11H29NO. The first-order valence-corrected chi connectivity index (χ1v) is 5.44. The van der Waals surface area contributed by atoms with E-state index in [1.807, 2.05) is 27.7 Å². The van der Waals surface area contributed by atoms with Crippen LogP contribution in [-0.4, -0.2) is 11.8 Å². The number of hydrogen-bond acceptors (Lipinski definition) is 2. The largest absolute Gasteiger partial charge is 0.322 e. The lowest BCUT2D eigenvalue weighted by Crippen LogP contribution is -2.27. The average Bonchev–Trinajstić information content (AvgIpc) is 2.20. The third kappa shape index (κ3) is 18.5. The van der Waals surface area contributed by atoms with E-state index in [0.717, 1.165) is 19.3 Å². The van der Waals surface area contributed by atoms with E-state index in [0.29, 0.717) is 0 Å². The second-order valence-electron chi connectivity index (χ2n) is 2.36. The summed E-state index contributed by atoms with van der Waals surface area (Å²) in [6.07, 6.45) is 3.01. The fraction of sp³-hybridized carbons (Fsp3) is 0.909. The molecule has 0 radical (unpaired) electrons. The van der Waals surface area contributed by atoms with Crippen molar-refractivity contribution in [3.05, 3.63) is 0 Å². The highest BCUT2D eigenvalue weighted by molar-refractivity contribution is 5.80. The third-order valence-electron chi connectivity index (χ3n) is 1.39. The molecular weight excluding hydrogens is 162 g/mol. The van der Waals surface area contributed by atoms with E-state index in [4.69, 9.17) is 5.73 Å². The molecule has 0 saturated carbocycles. The number of nitrogens with two attached hydrogens (primary N) is 1. The summed E-state index contributed by atoms with van der Waals surface area (Å²) in [6, 6.07) is -0.218. The van der Waals surface area contributed by atoms with Gasteiger partial charge < -0.3 is 5.73 Å². The Hall–Kier alpha value is -0.370. The molecule has 0 unspecified atom stereocenters. The average molecular weight is 191 g/mol. The zero-order valence-electron chi connectivity index (χ0n) is 10.2. The summed E-state index contributed by atoms with van der Waals surface area (Å²) in [4.78, 5) is 10.5. The van der Waals surface area contributed by atoms with Gasteiger partial charge in [-0.1, -0.05) is 47.5 Å². The molecule has 0 heterocycles. The van der Waals surface area contributed by atoms with Gasteiger partial charge in [-0.2, -0.15) is 0 Å². The molecule has 0 amide bonds. The van der Waals surface area contributed by atoms with Crippen molar-refractivity contribution in [2.24, 2.45) is 5.73 Å². The molecule has 13 heavy (non-hydrogen) atoms. The summed E-state index contributed by atoms with van der Waals surface area (Å²) in [5, 5.41) is 0. The zero-order valence-corrected chi connectivity index (χ0v) is 10.2. The molecule has 0 bridgehead atoms. The second-order valence-corrected chi connectivity index (χ2v) is 2.36. The highest BCUT2D eigenvalue weighted by atomic mass is 16.1. The van der Waals surface area contributed by atoms with Crippen LogP contribution in [0.25, 0.3) is 0 Å². The van der Waals surface area contributed by atoms with Crippen LogP contribution in [0.1, 0.15) is 62.2 Å². The van der Waals surface area contributed by atoms with E-state index in [1.54, 1.807) is 6.92 Å². The van der Waals surface area contributed by atoms with E-state index < -0.39 is 0 Å². The van der Waals surface area contributed by atoms with Gasteiger partial charge in [0, 0.05) is 1.43 Å². The van der Waals surface area contributed by atoms with Crippen LogP contribution < -0.4 is 5.73 Å². The summed E-state index contributed by atoms with van der Waals surface area (Å²) in [6.45, 7) is 11.6. The van der Waals surface area contributed by atoms with Gasteiger partial charge in [0.25, 0.3) is 0 Å². The van der Waals surface area contributed by atoms with Crippen LogP contribution in [0.3, 0.4) is 0 Å². The van der Waals surface area contributed by atoms with Crippen molar-refractivity contribution >= 4 is 5.78 Å². The Morgan fingerprint density at radius 1 is 1.31 bits per heavy atom. The number of Topliss-reactive ketones (excluding diaryl/α,β-unsaturated/α-hetero) is 1. The minimum atomic E-state index is -0.218. The maximum Gasteiger partial charge on any atom is 0.146 e. The molecule has 2 nitrogen and oxygen atoms in total. The van der Waals surface area contributed by atoms with Crippen LogP contribution in [0, 0.1) is 0 Å². The van der Waals surface area contributed by atoms with Gasteiger partial charge in [-0.15, -0.1) is 0 Å². The van der Waals surface area contributed by atoms with Gasteiger partial charge in [-0.25, -0.2) is 0 Å². The Labute approximate surface area is 85.4 Å². The Morgan fingerprint density at radius 3 is 1.92 bits per heavy atom. The molecule has 0 rings (SSSR count). The Kier molecular flexibility index (Phi) is 25.0. The second kappa shape index (κ2) is 17.6. The molecule has 2 heteroatoms. The molecule has 2 N–H and O–H groups in total. The number of ketones is 1. The van der Waals surface area contributed by atoms with E-state index in [1.165, 1.54) is 0 Å². The van der Waals surface area contributed by atoms with Crippen LogP contribution >= 0.6 is 0 Å². The molecule has 0 aliphatic carbocycles. The highest BCUT2D eigenvalue weighted by Crippen LogP contribution is 1.97. The van der Waals surface area contributed by atoms with Crippen molar-refractivity contribution in [1.82, 2.24) is 0 Å². The van der Waals surface area contributed by atoms with Crippen molar-refractivity contribution in [3.8, 4) is 0 Å². The maximum absolute atomic E-state index is 10.5. The van der Waals surface area contributed by atoms with Crippen molar-refractivity contribution in [3.63, 3.8) is 0 Å². The Bertz CT molecular complexity index is 97.3. The molecule has 0 fully saturated rings. The Balaban J connectivity index is -0.0000000883. The summed E-state index contributed by atoms with van der Waals surface area (Å²) in [7, 11) is 0. The number of carbonyl (C=O) groups excluding carboxylic acids is 1. The first kappa shape index (κ1) is 18.4. The van der Waals surface area contributed by atoms with Crippen molar-refractivity contribution in [2.75, 3.05) is 0 Å². The number of hydrogen-bond donors (Lipinski definition) is 1. The lowest BCUT2D eigenvalue weighted by molar-refractivity contribution is -0.118. The molecule has 0 aliphatic rings. The van der Waals surface area contributed by atoms with Crippen molar-refractivity contribution < 1.29 is 6.22 Å². The van der Waals surface area contributed by atoms with Crippen LogP contribution in [0.2, 0.25) is 0 Å². The SMILES string of the molecule is CC.CC.CCCC[C@H](N)C(C)=O.[HH]. The minimum Gasteiger partial charge on any atom is -0.322 e. The maximum atomic E-state index is 10.5. The normalized spacial score (nSPS) is 10.1. The molecule has 0 aromatic heterocycles. The summed E-state index contributed by atoms with van der Waals surface area (Å²) in [5.41, 5.74) is 5.45. The summed E-state index contributed by atoms with van der Waals surface area (Å²) in [5.74, 6) is 0.100. The topological polar surface area (TPSA) is 43.1 Å². The molecule has 0 aliphatic heterocycles. The zero-order chi connectivity index (χ0) is 11.3. The van der Waals surface area contributed by atoms with Gasteiger partial charge in [0.1, 0.15) is 5.78 Å². The lowest BCUT2D eigenvalue weighted by Gasteiger charge is -2.04. The highest BCUT2D eigenvalue weighted by Gasteiger charge is 2.05. The van der Waals surface area contributed by atoms with Gasteiger partial charge in [-0.3, -0.25) is 4.79 Å². The van der Waals surface area contributed by atoms with E-state index in [2.05, 4.69) is 6.92 Å². The van der Waals surface area contributed by atoms with Crippen LogP contribution in [0.4, 0.5) is 0 Å². The lowest BCUT2D eigenvalue weighted by atomic mass is 10.1. The van der Waals surface area contributed by atoms with E-state index >= 15 is 0 Å². The van der Waals surface area contributed by atoms with Gasteiger partial charge in [0.2, 0.25) is 0 Å². The summed E-state index contributed by atoms with van der Waals surface area (Å²) >= 11 is 0. The predicted octanol–water partition coefficient (Wildman–Crippen LogP) is 3.39. The Morgan fingerprint density at radius 2 is 1.69 bits per heavy atom. The predicted molar refractivity (Wildman–Crippen MR) is 63.0 cm³/mol. The number of carbonyl (C=O) groups is 1. The standard InChI is InChI=1S/C7H15NO.2C2H6.H2/c1-3-4-5-7(8)6(2)9;2*1-2;/h7H,3-5,8H2,1-2H3;2*1-2H3;1H/t7-;;;/m0.../s1. The number of unbranched alkanes of at least 4 members (excludes halogenated alkanes) is 1.